The van der Waals surface area contributed by atoms with Gasteiger partial charge < -0.3 is 10.2 Å². The van der Waals surface area contributed by atoms with Gasteiger partial charge in [-0.15, -0.1) is 0 Å². The highest BCUT2D eigenvalue weighted by molar-refractivity contribution is 5.96. The molecule has 92 valence electrons. The van der Waals surface area contributed by atoms with Crippen LogP contribution in [0.25, 0.3) is 0 Å². The lowest BCUT2D eigenvalue weighted by molar-refractivity contribution is -0.118. The minimum absolute atomic E-state index is 0.129. The second-order valence-electron chi connectivity index (χ2n) is 5.30. The number of rotatable bonds is 1. The Balaban J connectivity index is 2.38. The Morgan fingerprint density at radius 2 is 1.88 bits per heavy atom. The average Bonchev–Trinajstić information content (AvgIpc) is 2.39. The van der Waals surface area contributed by atoms with E-state index in [1.54, 1.807) is 0 Å². The molecule has 1 aliphatic heterocycles. The van der Waals surface area contributed by atoms with Crippen LogP contribution in [-0.2, 0) is 4.79 Å². The van der Waals surface area contributed by atoms with E-state index in [0.29, 0.717) is 6.54 Å². The number of nitrogens with zero attached hydrogens (tertiary/aromatic N) is 1. The van der Waals surface area contributed by atoms with Crippen molar-refractivity contribution in [3.05, 3.63) is 29.8 Å². The molecule has 1 saturated heterocycles. The van der Waals surface area contributed by atoms with Gasteiger partial charge in [0.15, 0.2) is 0 Å². The molecule has 3 nitrogen and oxygen atoms in total. The molecule has 0 spiro atoms. The molecule has 1 aliphatic rings. The van der Waals surface area contributed by atoms with Crippen LogP contribution in [0.4, 0.5) is 5.69 Å². The fourth-order valence-corrected chi connectivity index (χ4v) is 2.31. The van der Waals surface area contributed by atoms with E-state index in [-0.39, 0.29) is 11.4 Å². The zero-order chi connectivity index (χ0) is 12.5. The van der Waals surface area contributed by atoms with Crippen molar-refractivity contribution in [2.45, 2.75) is 32.7 Å². The average molecular weight is 232 g/mol. The van der Waals surface area contributed by atoms with Crippen LogP contribution < -0.4 is 10.2 Å². The summed E-state index contributed by atoms with van der Waals surface area (Å²) in [5, 5.41) is 3.17. The molecule has 0 aliphatic carbocycles. The quantitative estimate of drug-likeness (QED) is 0.804. The number of amides is 1. The van der Waals surface area contributed by atoms with Gasteiger partial charge in [0.1, 0.15) is 0 Å². The zero-order valence-corrected chi connectivity index (χ0v) is 10.8. The summed E-state index contributed by atoms with van der Waals surface area (Å²) < 4.78 is 0. The summed E-state index contributed by atoms with van der Waals surface area (Å²) in [5.74, 6) is 0.149. The first-order valence-electron chi connectivity index (χ1n) is 6.11. The summed E-state index contributed by atoms with van der Waals surface area (Å²) in [6.45, 7) is 7.62. The molecule has 1 aromatic rings. The third kappa shape index (κ3) is 2.50. The normalized spacial score (nSPS) is 20.2. The largest absolute Gasteiger partial charge is 0.308 e. The minimum atomic E-state index is -0.129. The number of aryl methyl sites for hydroxylation is 1. The van der Waals surface area contributed by atoms with Crippen molar-refractivity contribution in [3.63, 3.8) is 0 Å². The maximum Gasteiger partial charge on any atom is 0.241 e. The summed E-state index contributed by atoms with van der Waals surface area (Å²) in [5.41, 5.74) is 2.08. The van der Waals surface area contributed by atoms with Crippen LogP contribution >= 0.6 is 0 Å². The van der Waals surface area contributed by atoms with Crippen LogP contribution in [0, 0.1) is 6.92 Å². The Morgan fingerprint density at radius 1 is 1.24 bits per heavy atom. The molecule has 2 rings (SSSR count). The Labute approximate surface area is 103 Å². The summed E-state index contributed by atoms with van der Waals surface area (Å²) in [6, 6.07) is 8.16. The van der Waals surface area contributed by atoms with Gasteiger partial charge in [-0.25, -0.2) is 0 Å². The molecule has 1 amide bonds. The Morgan fingerprint density at radius 3 is 2.53 bits per heavy atom. The predicted octanol–water partition coefficient (Wildman–Crippen LogP) is 2.10. The van der Waals surface area contributed by atoms with Gasteiger partial charge in [-0.1, -0.05) is 17.7 Å². The number of carbonyl (C=O) groups is 1. The zero-order valence-electron chi connectivity index (χ0n) is 10.8. The Hall–Kier alpha value is -1.35. The van der Waals surface area contributed by atoms with Crippen molar-refractivity contribution in [3.8, 4) is 0 Å². The monoisotopic (exact) mass is 232 g/mol. The number of carbonyl (C=O) groups excluding carboxylic acids is 1. The molecule has 1 N–H and O–H groups in total. The van der Waals surface area contributed by atoms with Gasteiger partial charge >= 0.3 is 0 Å². The first-order valence-corrected chi connectivity index (χ1v) is 6.11. The maximum atomic E-state index is 12.2. The third-order valence-corrected chi connectivity index (χ3v) is 3.34. The fourth-order valence-electron chi connectivity index (χ4n) is 2.31. The maximum absolute atomic E-state index is 12.2. The van der Waals surface area contributed by atoms with Crippen LogP contribution in [0.5, 0.6) is 0 Å². The molecule has 0 aromatic heterocycles. The summed E-state index contributed by atoms with van der Waals surface area (Å²) in [6.07, 6.45) is 0.965. The van der Waals surface area contributed by atoms with Crippen molar-refractivity contribution >= 4 is 11.6 Å². The van der Waals surface area contributed by atoms with Crippen molar-refractivity contribution in [1.29, 1.82) is 0 Å². The Kier molecular flexibility index (Phi) is 3.20. The van der Waals surface area contributed by atoms with E-state index in [1.165, 1.54) is 5.56 Å². The van der Waals surface area contributed by atoms with Gasteiger partial charge in [0.25, 0.3) is 0 Å². The molecule has 17 heavy (non-hydrogen) atoms. The van der Waals surface area contributed by atoms with E-state index >= 15 is 0 Å². The SMILES string of the molecule is Cc1ccc(N2C(=O)CNCCC2(C)C)cc1. The molecule has 0 atom stereocenters. The van der Waals surface area contributed by atoms with Gasteiger partial charge in [0, 0.05) is 11.2 Å². The molecule has 1 fully saturated rings. The van der Waals surface area contributed by atoms with E-state index in [0.717, 1.165) is 18.7 Å². The van der Waals surface area contributed by atoms with E-state index in [2.05, 4.69) is 38.2 Å². The van der Waals surface area contributed by atoms with Crippen LogP contribution in [0.2, 0.25) is 0 Å². The highest BCUT2D eigenvalue weighted by Crippen LogP contribution is 2.28. The standard InChI is InChI=1S/C14H20N2O/c1-11-4-6-12(7-5-11)16-13(17)10-15-9-8-14(16,2)3/h4-7,15H,8-10H2,1-3H3. The molecule has 0 saturated carbocycles. The van der Waals surface area contributed by atoms with E-state index in [1.807, 2.05) is 17.0 Å². The van der Waals surface area contributed by atoms with Crippen LogP contribution in [-0.4, -0.2) is 24.5 Å². The fraction of sp³-hybridized carbons (Fsp3) is 0.500. The van der Waals surface area contributed by atoms with Crippen molar-refractivity contribution < 1.29 is 4.79 Å². The molecule has 0 unspecified atom stereocenters. The van der Waals surface area contributed by atoms with E-state index in [4.69, 9.17) is 0 Å². The van der Waals surface area contributed by atoms with Gasteiger partial charge in [0.2, 0.25) is 5.91 Å². The molecule has 1 aromatic carbocycles. The topological polar surface area (TPSA) is 32.3 Å². The number of hydrogen-bond donors (Lipinski definition) is 1. The van der Waals surface area contributed by atoms with Crippen molar-refractivity contribution in [2.75, 3.05) is 18.0 Å². The van der Waals surface area contributed by atoms with Crippen LogP contribution in [0.1, 0.15) is 25.8 Å². The number of anilines is 1. The molecule has 3 heteroatoms. The highest BCUT2D eigenvalue weighted by atomic mass is 16.2. The third-order valence-electron chi connectivity index (χ3n) is 3.34. The number of hydrogen-bond acceptors (Lipinski definition) is 2. The van der Waals surface area contributed by atoms with Gasteiger partial charge in [-0.05, 0) is 45.9 Å². The lowest BCUT2D eigenvalue weighted by Gasteiger charge is -2.37. The van der Waals surface area contributed by atoms with E-state index in [9.17, 15) is 4.79 Å². The van der Waals surface area contributed by atoms with Crippen LogP contribution in [0.3, 0.4) is 0 Å². The van der Waals surface area contributed by atoms with Crippen LogP contribution in [0.15, 0.2) is 24.3 Å². The van der Waals surface area contributed by atoms with Crippen molar-refractivity contribution in [1.82, 2.24) is 5.32 Å². The molecule has 0 radical (unpaired) electrons. The van der Waals surface area contributed by atoms with E-state index < -0.39 is 0 Å². The smallest absolute Gasteiger partial charge is 0.241 e. The highest BCUT2D eigenvalue weighted by Gasteiger charge is 2.33. The molecular formula is C14H20N2O. The van der Waals surface area contributed by atoms with Gasteiger partial charge in [-0.2, -0.15) is 0 Å². The second-order valence-corrected chi connectivity index (χ2v) is 5.30. The minimum Gasteiger partial charge on any atom is -0.308 e. The first kappa shape index (κ1) is 12.1. The number of nitrogens with one attached hydrogen (secondary N) is 1. The lowest BCUT2D eigenvalue weighted by Crippen LogP contribution is -2.48. The molecule has 0 bridgehead atoms. The number of benzene rings is 1. The summed E-state index contributed by atoms with van der Waals surface area (Å²) >= 11 is 0. The Bertz CT molecular complexity index is 409. The first-order chi connectivity index (χ1) is 8.00. The lowest BCUT2D eigenvalue weighted by atomic mass is 9.97. The predicted molar refractivity (Wildman–Crippen MR) is 70.2 cm³/mol. The van der Waals surface area contributed by atoms with Gasteiger partial charge in [-0.3, -0.25) is 4.79 Å². The van der Waals surface area contributed by atoms with Gasteiger partial charge in [0.05, 0.1) is 6.54 Å². The molecular weight excluding hydrogens is 212 g/mol. The summed E-state index contributed by atoms with van der Waals surface area (Å²) in [4.78, 5) is 14.1. The molecule has 1 heterocycles. The second kappa shape index (κ2) is 4.49. The van der Waals surface area contributed by atoms with Crippen molar-refractivity contribution in [2.24, 2.45) is 0 Å². The summed E-state index contributed by atoms with van der Waals surface area (Å²) in [7, 11) is 0.